The fourth-order valence-electron chi connectivity index (χ4n) is 2.72. The van der Waals surface area contributed by atoms with Gasteiger partial charge in [0, 0.05) is 6.04 Å². The molecule has 19 heavy (non-hydrogen) atoms. The molecular weight excluding hydrogens is 248 g/mol. The molecule has 1 aliphatic carbocycles. The van der Waals surface area contributed by atoms with Gasteiger partial charge < -0.3 is 10.1 Å². The molecule has 0 amide bonds. The lowest BCUT2D eigenvalue weighted by atomic mass is 9.84. The molecule has 0 aromatic heterocycles. The van der Waals surface area contributed by atoms with Gasteiger partial charge in [-0.1, -0.05) is 25.5 Å². The van der Waals surface area contributed by atoms with Crippen molar-refractivity contribution in [2.24, 2.45) is 5.92 Å². The molecule has 0 unspecified atom stereocenters. The second-order valence-electron chi connectivity index (χ2n) is 5.14. The van der Waals surface area contributed by atoms with Crippen LogP contribution in [0.2, 0.25) is 0 Å². The SMILES string of the molecule is CCC1CCC(Nc2ccccc2OC(F)F)CC1. The summed E-state index contributed by atoms with van der Waals surface area (Å²) in [5.41, 5.74) is 0.669. The zero-order valence-corrected chi connectivity index (χ0v) is 11.2. The van der Waals surface area contributed by atoms with E-state index in [0.717, 1.165) is 18.8 Å². The summed E-state index contributed by atoms with van der Waals surface area (Å²) in [7, 11) is 0. The van der Waals surface area contributed by atoms with Crippen molar-refractivity contribution in [2.75, 3.05) is 5.32 Å². The van der Waals surface area contributed by atoms with Crippen LogP contribution in [-0.4, -0.2) is 12.7 Å². The summed E-state index contributed by atoms with van der Waals surface area (Å²) in [5.74, 6) is 1.06. The molecule has 0 atom stereocenters. The van der Waals surface area contributed by atoms with Crippen LogP contribution in [0.4, 0.5) is 14.5 Å². The standard InChI is InChI=1S/C15H21F2NO/c1-2-11-7-9-12(10-8-11)18-13-5-3-4-6-14(13)19-15(16)17/h3-6,11-12,15,18H,2,7-10H2,1H3. The van der Waals surface area contributed by atoms with E-state index in [1.807, 2.05) is 6.07 Å². The third-order valence-electron chi connectivity index (χ3n) is 3.89. The van der Waals surface area contributed by atoms with Crippen LogP contribution in [0.5, 0.6) is 5.75 Å². The van der Waals surface area contributed by atoms with Crippen molar-refractivity contribution < 1.29 is 13.5 Å². The Morgan fingerprint density at radius 1 is 1.21 bits per heavy atom. The molecule has 1 aromatic carbocycles. The third kappa shape index (κ3) is 4.08. The number of halogens is 2. The average molecular weight is 269 g/mol. The van der Waals surface area contributed by atoms with Crippen LogP contribution < -0.4 is 10.1 Å². The van der Waals surface area contributed by atoms with E-state index in [9.17, 15) is 8.78 Å². The van der Waals surface area contributed by atoms with Gasteiger partial charge in [0.05, 0.1) is 5.69 Å². The van der Waals surface area contributed by atoms with E-state index < -0.39 is 6.61 Å². The number of alkyl halides is 2. The number of ether oxygens (including phenoxy) is 1. The Balaban J connectivity index is 1.95. The first-order chi connectivity index (χ1) is 9.19. The lowest BCUT2D eigenvalue weighted by Crippen LogP contribution is -2.26. The zero-order chi connectivity index (χ0) is 13.7. The largest absolute Gasteiger partial charge is 0.433 e. The van der Waals surface area contributed by atoms with Crippen molar-refractivity contribution in [1.29, 1.82) is 0 Å². The number of rotatable bonds is 5. The average Bonchev–Trinajstić information content (AvgIpc) is 2.41. The predicted octanol–water partition coefficient (Wildman–Crippen LogP) is 4.67. The molecule has 0 spiro atoms. The van der Waals surface area contributed by atoms with Crippen LogP contribution in [0, 0.1) is 5.92 Å². The Morgan fingerprint density at radius 2 is 1.89 bits per heavy atom. The predicted molar refractivity (Wildman–Crippen MR) is 72.7 cm³/mol. The van der Waals surface area contributed by atoms with E-state index in [1.54, 1.807) is 18.2 Å². The topological polar surface area (TPSA) is 21.3 Å². The van der Waals surface area contributed by atoms with Crippen molar-refractivity contribution in [3.8, 4) is 5.75 Å². The van der Waals surface area contributed by atoms with E-state index in [0.29, 0.717) is 11.7 Å². The number of anilines is 1. The maximum atomic E-state index is 12.3. The van der Waals surface area contributed by atoms with Crippen LogP contribution in [0.25, 0.3) is 0 Å². The summed E-state index contributed by atoms with van der Waals surface area (Å²) in [4.78, 5) is 0. The van der Waals surface area contributed by atoms with Crippen LogP contribution in [-0.2, 0) is 0 Å². The highest BCUT2D eigenvalue weighted by molar-refractivity contribution is 5.56. The molecular formula is C15H21F2NO. The van der Waals surface area contributed by atoms with E-state index >= 15 is 0 Å². The van der Waals surface area contributed by atoms with Crippen molar-refractivity contribution in [3.63, 3.8) is 0 Å². The normalized spacial score (nSPS) is 23.4. The highest BCUT2D eigenvalue weighted by Crippen LogP contribution is 2.31. The van der Waals surface area contributed by atoms with Gasteiger partial charge in [0.15, 0.2) is 0 Å². The van der Waals surface area contributed by atoms with Gasteiger partial charge in [0.1, 0.15) is 5.75 Å². The Kier molecular flexibility index (Phi) is 5.00. The lowest BCUT2D eigenvalue weighted by Gasteiger charge is -2.29. The number of hydrogen-bond acceptors (Lipinski definition) is 2. The van der Waals surface area contributed by atoms with E-state index in [2.05, 4.69) is 17.0 Å². The van der Waals surface area contributed by atoms with Crippen LogP contribution >= 0.6 is 0 Å². The number of benzene rings is 1. The van der Waals surface area contributed by atoms with Crippen molar-refractivity contribution in [1.82, 2.24) is 0 Å². The van der Waals surface area contributed by atoms with Crippen LogP contribution in [0.15, 0.2) is 24.3 Å². The van der Waals surface area contributed by atoms with Gasteiger partial charge in [0.25, 0.3) is 0 Å². The Morgan fingerprint density at radius 3 is 2.53 bits per heavy atom. The number of nitrogens with one attached hydrogen (secondary N) is 1. The molecule has 0 saturated heterocycles. The van der Waals surface area contributed by atoms with E-state index in [4.69, 9.17) is 0 Å². The maximum Gasteiger partial charge on any atom is 0.387 e. The molecule has 106 valence electrons. The molecule has 2 rings (SSSR count). The molecule has 1 aromatic rings. The third-order valence-corrected chi connectivity index (χ3v) is 3.89. The molecule has 0 heterocycles. The quantitative estimate of drug-likeness (QED) is 0.838. The molecule has 1 aliphatic rings. The summed E-state index contributed by atoms with van der Waals surface area (Å²) >= 11 is 0. The van der Waals surface area contributed by atoms with Crippen LogP contribution in [0.3, 0.4) is 0 Å². The van der Waals surface area contributed by atoms with Crippen molar-refractivity contribution >= 4 is 5.69 Å². The summed E-state index contributed by atoms with van der Waals surface area (Å²) < 4.78 is 29.2. The fourth-order valence-corrected chi connectivity index (χ4v) is 2.72. The Labute approximate surface area is 113 Å². The minimum atomic E-state index is -2.78. The van der Waals surface area contributed by atoms with Gasteiger partial charge in [-0.25, -0.2) is 0 Å². The van der Waals surface area contributed by atoms with Crippen LogP contribution in [0.1, 0.15) is 39.0 Å². The van der Waals surface area contributed by atoms with Crippen molar-refractivity contribution in [3.05, 3.63) is 24.3 Å². The minimum Gasteiger partial charge on any atom is -0.433 e. The molecule has 1 fully saturated rings. The fraction of sp³-hybridized carbons (Fsp3) is 0.600. The molecule has 2 nitrogen and oxygen atoms in total. The minimum absolute atomic E-state index is 0.232. The van der Waals surface area contributed by atoms with Crippen molar-refractivity contribution in [2.45, 2.75) is 51.7 Å². The highest BCUT2D eigenvalue weighted by Gasteiger charge is 2.20. The summed E-state index contributed by atoms with van der Waals surface area (Å²) in [6, 6.07) is 7.27. The molecule has 1 N–H and O–H groups in total. The van der Waals surface area contributed by atoms with Gasteiger partial charge in [-0.2, -0.15) is 8.78 Å². The molecule has 0 aliphatic heterocycles. The number of hydrogen-bond donors (Lipinski definition) is 1. The number of para-hydroxylation sites is 2. The molecule has 0 radical (unpaired) electrons. The van der Waals surface area contributed by atoms with Gasteiger partial charge in [-0.15, -0.1) is 0 Å². The highest BCUT2D eigenvalue weighted by atomic mass is 19.3. The van der Waals surface area contributed by atoms with E-state index in [-0.39, 0.29) is 5.75 Å². The Hall–Kier alpha value is -1.32. The van der Waals surface area contributed by atoms with Gasteiger partial charge in [0.2, 0.25) is 0 Å². The molecule has 4 heteroatoms. The van der Waals surface area contributed by atoms with E-state index in [1.165, 1.54) is 19.3 Å². The first-order valence-electron chi connectivity index (χ1n) is 6.99. The molecule has 0 bridgehead atoms. The monoisotopic (exact) mass is 269 g/mol. The Bertz CT molecular complexity index is 389. The summed E-state index contributed by atoms with van der Waals surface area (Å²) in [6.07, 6.45) is 5.86. The second kappa shape index (κ2) is 6.73. The lowest BCUT2D eigenvalue weighted by molar-refractivity contribution is -0.0494. The first-order valence-corrected chi connectivity index (χ1v) is 6.99. The maximum absolute atomic E-state index is 12.3. The summed E-state index contributed by atoms with van der Waals surface area (Å²) in [6.45, 7) is -0.553. The first kappa shape index (κ1) is 14.1. The summed E-state index contributed by atoms with van der Waals surface area (Å²) in [5, 5.41) is 3.34. The zero-order valence-electron chi connectivity index (χ0n) is 11.2. The molecule has 1 saturated carbocycles. The smallest absolute Gasteiger partial charge is 0.387 e. The second-order valence-corrected chi connectivity index (χ2v) is 5.14. The van der Waals surface area contributed by atoms with Gasteiger partial charge >= 0.3 is 6.61 Å². The van der Waals surface area contributed by atoms with Gasteiger partial charge in [-0.05, 0) is 43.7 Å². The van der Waals surface area contributed by atoms with Gasteiger partial charge in [-0.3, -0.25) is 0 Å².